The number of imidazole rings is 2. The Labute approximate surface area is 319 Å². The van der Waals surface area contributed by atoms with Gasteiger partial charge in [0.15, 0.2) is 17.3 Å². The van der Waals surface area contributed by atoms with E-state index >= 15 is 4.79 Å². The molecule has 0 fully saturated rings. The van der Waals surface area contributed by atoms with Crippen LogP contribution in [0.1, 0.15) is 27.0 Å². The van der Waals surface area contributed by atoms with Crippen LogP contribution in [0.5, 0.6) is 23.0 Å². The molecule has 0 bridgehead atoms. The molecule has 0 radical (unpaired) electrons. The quantitative estimate of drug-likeness (QED) is 0.0502. The molecular formula is C39H36N6O11. The molecule has 2 heterocycles. The Morgan fingerprint density at radius 1 is 0.607 bits per heavy atom. The number of methoxy groups -OCH3 is 4. The number of nitro benzene ring substituents is 2. The minimum atomic E-state index is -0.900. The Morgan fingerprint density at radius 3 is 1.32 bits per heavy atom. The summed E-state index contributed by atoms with van der Waals surface area (Å²) in [6.45, 7) is 0.387. The summed E-state index contributed by atoms with van der Waals surface area (Å²) in [6.07, 6.45) is 6.12. The molecule has 17 heteroatoms. The van der Waals surface area contributed by atoms with Crippen molar-refractivity contribution in [3.8, 4) is 45.8 Å². The van der Waals surface area contributed by atoms with Crippen molar-refractivity contribution in [2.45, 2.75) is 26.7 Å². The number of ketones is 1. The average molecular weight is 765 g/mol. The molecule has 0 atom stereocenters. The summed E-state index contributed by atoms with van der Waals surface area (Å²) in [5, 5.41) is 25.0. The molecule has 0 aliphatic rings. The SMILES string of the molecule is COc1c([N+](=O)[O-])cc(C(=O)c2cc([N+](=O)[O-])c(OC)c(OC)c2-c2nccn2COCc2ccccc2)c(-c2nccn2COCc2ccccc2)c1OC. The fourth-order valence-electron chi connectivity index (χ4n) is 6.21. The second kappa shape index (κ2) is 17.4. The zero-order chi connectivity index (χ0) is 39.8. The number of hydrogen-bond donors (Lipinski definition) is 0. The molecule has 56 heavy (non-hydrogen) atoms. The Hall–Kier alpha value is -7.11. The number of nitrogens with zero attached hydrogens (tertiary/aromatic N) is 6. The largest absolute Gasteiger partial charge is 0.492 e. The van der Waals surface area contributed by atoms with E-state index in [9.17, 15) is 20.2 Å². The van der Waals surface area contributed by atoms with E-state index in [1.165, 1.54) is 40.8 Å². The molecule has 17 nitrogen and oxygen atoms in total. The highest BCUT2D eigenvalue weighted by Crippen LogP contribution is 2.50. The van der Waals surface area contributed by atoms with Crippen LogP contribution in [-0.2, 0) is 36.1 Å². The van der Waals surface area contributed by atoms with Crippen LogP contribution in [-0.4, -0.2) is 63.2 Å². The molecule has 6 rings (SSSR count). The molecule has 0 spiro atoms. The molecule has 6 aromatic rings. The van der Waals surface area contributed by atoms with Gasteiger partial charge in [-0.15, -0.1) is 0 Å². The third-order valence-electron chi connectivity index (χ3n) is 8.69. The van der Waals surface area contributed by atoms with E-state index in [-0.39, 0.29) is 83.6 Å². The summed E-state index contributed by atoms with van der Waals surface area (Å²) < 4.78 is 37.5. The minimum absolute atomic E-state index is 0.00816. The fourth-order valence-corrected chi connectivity index (χ4v) is 6.21. The highest BCUT2D eigenvalue weighted by Gasteiger charge is 2.37. The predicted octanol–water partition coefficient (Wildman–Crippen LogP) is 6.84. The van der Waals surface area contributed by atoms with Crippen molar-refractivity contribution in [2.24, 2.45) is 0 Å². The van der Waals surface area contributed by atoms with Crippen molar-refractivity contribution in [1.82, 2.24) is 19.1 Å². The Morgan fingerprint density at radius 2 is 0.982 bits per heavy atom. The second-order valence-corrected chi connectivity index (χ2v) is 12.0. The van der Waals surface area contributed by atoms with Gasteiger partial charge in [0.05, 0.1) is 62.6 Å². The number of carbonyl (C=O) groups excluding carboxylic acids is 1. The van der Waals surface area contributed by atoms with Gasteiger partial charge >= 0.3 is 11.4 Å². The second-order valence-electron chi connectivity index (χ2n) is 12.0. The third kappa shape index (κ3) is 7.75. The van der Waals surface area contributed by atoms with Gasteiger partial charge in [0, 0.05) is 48.0 Å². The van der Waals surface area contributed by atoms with Gasteiger partial charge in [-0.05, 0) is 11.1 Å². The third-order valence-corrected chi connectivity index (χ3v) is 8.69. The molecule has 0 aliphatic heterocycles. The van der Waals surface area contributed by atoms with Crippen LogP contribution in [0.4, 0.5) is 11.4 Å². The Balaban J connectivity index is 1.55. The van der Waals surface area contributed by atoms with Gasteiger partial charge in [0.25, 0.3) is 0 Å². The molecule has 0 unspecified atom stereocenters. The van der Waals surface area contributed by atoms with Crippen molar-refractivity contribution in [3.05, 3.63) is 140 Å². The van der Waals surface area contributed by atoms with E-state index in [0.717, 1.165) is 23.3 Å². The van der Waals surface area contributed by atoms with Crippen molar-refractivity contribution in [3.63, 3.8) is 0 Å². The lowest BCUT2D eigenvalue weighted by Crippen LogP contribution is -2.14. The molecule has 0 saturated carbocycles. The lowest BCUT2D eigenvalue weighted by atomic mass is 9.91. The lowest BCUT2D eigenvalue weighted by molar-refractivity contribution is -0.385. The van der Waals surface area contributed by atoms with E-state index in [1.807, 2.05) is 60.7 Å². The summed E-state index contributed by atoms with van der Waals surface area (Å²) in [4.78, 5) is 47.7. The van der Waals surface area contributed by atoms with Crippen LogP contribution in [0.15, 0.2) is 97.6 Å². The maximum atomic E-state index is 15.2. The van der Waals surface area contributed by atoms with Crippen LogP contribution in [0, 0.1) is 20.2 Å². The van der Waals surface area contributed by atoms with Crippen molar-refractivity contribution < 1.29 is 43.1 Å². The number of aromatic nitrogens is 4. The highest BCUT2D eigenvalue weighted by molar-refractivity contribution is 6.18. The summed E-state index contributed by atoms with van der Waals surface area (Å²) in [5.41, 5.74) is -0.0176. The number of carbonyl (C=O) groups is 1. The van der Waals surface area contributed by atoms with E-state index in [2.05, 4.69) is 9.97 Å². The zero-order valence-corrected chi connectivity index (χ0v) is 30.7. The highest BCUT2D eigenvalue weighted by atomic mass is 16.6. The van der Waals surface area contributed by atoms with Gasteiger partial charge in [-0.25, -0.2) is 9.97 Å². The van der Waals surface area contributed by atoms with Gasteiger partial charge < -0.3 is 37.6 Å². The first kappa shape index (κ1) is 38.6. The Kier molecular flexibility index (Phi) is 12.0. The molecule has 0 amide bonds. The number of benzene rings is 4. The molecule has 0 saturated heterocycles. The number of ether oxygens (including phenoxy) is 6. The van der Waals surface area contributed by atoms with Crippen LogP contribution >= 0.6 is 0 Å². The molecule has 4 aromatic carbocycles. The van der Waals surface area contributed by atoms with Gasteiger partial charge in [-0.3, -0.25) is 25.0 Å². The smallest absolute Gasteiger partial charge is 0.315 e. The monoisotopic (exact) mass is 764 g/mol. The zero-order valence-electron chi connectivity index (χ0n) is 30.7. The standard InChI is InChI=1S/C39H36N6O11/c1-51-34-29(44(47)48)19-27(31(36(34)53-3)38-40-15-17-42(38)23-55-21-25-11-7-5-8-12-25)33(46)28-20-30(45(49)50)35(52-2)37(54-4)32(28)39-41-16-18-43(39)24-56-22-26-13-9-6-10-14-26/h5-20H,21-24H2,1-4H3. The number of rotatable bonds is 18. The van der Waals surface area contributed by atoms with E-state index < -0.39 is 27.0 Å². The van der Waals surface area contributed by atoms with Crippen molar-refractivity contribution in [1.29, 1.82) is 0 Å². The average Bonchev–Trinajstić information content (AvgIpc) is 3.89. The predicted molar refractivity (Wildman–Crippen MR) is 201 cm³/mol. The first-order valence-electron chi connectivity index (χ1n) is 16.9. The van der Waals surface area contributed by atoms with E-state index in [4.69, 9.17) is 28.4 Å². The molecule has 2 aromatic heterocycles. The van der Waals surface area contributed by atoms with E-state index in [0.29, 0.717) is 0 Å². The fraction of sp³-hybridized carbons (Fsp3) is 0.205. The normalized spacial score (nSPS) is 10.9. The van der Waals surface area contributed by atoms with Gasteiger partial charge in [0.1, 0.15) is 25.1 Å². The Bertz CT molecular complexity index is 2200. The number of hydrogen-bond acceptors (Lipinski definition) is 13. The molecule has 288 valence electrons. The van der Waals surface area contributed by atoms with Crippen LogP contribution in [0.25, 0.3) is 22.8 Å². The van der Waals surface area contributed by atoms with Crippen molar-refractivity contribution in [2.75, 3.05) is 28.4 Å². The summed E-state index contributed by atoms with van der Waals surface area (Å²) in [6, 6.07) is 20.9. The summed E-state index contributed by atoms with van der Waals surface area (Å²) in [7, 11) is 4.97. The summed E-state index contributed by atoms with van der Waals surface area (Å²) >= 11 is 0. The first-order valence-corrected chi connectivity index (χ1v) is 16.9. The van der Waals surface area contributed by atoms with E-state index in [1.54, 1.807) is 21.5 Å². The number of nitro groups is 2. The van der Waals surface area contributed by atoms with Crippen molar-refractivity contribution >= 4 is 17.2 Å². The topological polar surface area (TPSA) is 194 Å². The van der Waals surface area contributed by atoms with Crippen LogP contribution < -0.4 is 18.9 Å². The molecule has 0 aliphatic carbocycles. The lowest BCUT2D eigenvalue weighted by Gasteiger charge is -2.20. The summed E-state index contributed by atoms with van der Waals surface area (Å²) in [5.74, 6) is -1.59. The van der Waals surface area contributed by atoms with Gasteiger partial charge in [0.2, 0.25) is 11.5 Å². The van der Waals surface area contributed by atoms with Crippen LogP contribution in [0.2, 0.25) is 0 Å². The first-order chi connectivity index (χ1) is 27.2. The maximum Gasteiger partial charge on any atom is 0.315 e. The van der Waals surface area contributed by atoms with Gasteiger partial charge in [-0.1, -0.05) is 60.7 Å². The minimum Gasteiger partial charge on any atom is -0.492 e. The van der Waals surface area contributed by atoms with Gasteiger partial charge in [-0.2, -0.15) is 0 Å². The molecule has 0 N–H and O–H groups in total. The molecular weight excluding hydrogens is 728 g/mol. The van der Waals surface area contributed by atoms with Crippen LogP contribution in [0.3, 0.4) is 0 Å². The maximum absolute atomic E-state index is 15.2.